The fourth-order valence-electron chi connectivity index (χ4n) is 2.53. The third-order valence-corrected chi connectivity index (χ3v) is 3.98. The molecular weight excluding hydrogens is 293 g/mol. The normalized spacial score (nSPS) is 20.6. The van der Waals surface area contributed by atoms with Crippen molar-refractivity contribution in [3.63, 3.8) is 0 Å². The molecule has 0 fully saturated rings. The predicted octanol–water partition coefficient (Wildman–Crippen LogP) is 4.01. The van der Waals surface area contributed by atoms with Gasteiger partial charge in [0.15, 0.2) is 0 Å². The van der Waals surface area contributed by atoms with E-state index in [4.69, 9.17) is 26.8 Å². The van der Waals surface area contributed by atoms with Crippen molar-refractivity contribution < 1.29 is 13.9 Å². The van der Waals surface area contributed by atoms with E-state index in [1.54, 1.807) is 13.2 Å². The molecular formula is C16H15ClFNO2. The van der Waals surface area contributed by atoms with Gasteiger partial charge in [0.25, 0.3) is 0 Å². The maximum absolute atomic E-state index is 13.6. The first-order valence-corrected chi connectivity index (χ1v) is 7.01. The van der Waals surface area contributed by atoms with Crippen LogP contribution in [0, 0.1) is 5.82 Å². The first-order chi connectivity index (χ1) is 10.1. The Labute approximate surface area is 127 Å². The van der Waals surface area contributed by atoms with E-state index in [1.165, 1.54) is 12.1 Å². The van der Waals surface area contributed by atoms with Crippen LogP contribution in [0.1, 0.15) is 29.7 Å². The highest BCUT2D eigenvalue weighted by atomic mass is 35.5. The third kappa shape index (κ3) is 2.69. The first kappa shape index (κ1) is 14.2. The molecule has 2 aromatic rings. The molecule has 0 aliphatic carbocycles. The average molecular weight is 308 g/mol. The maximum Gasteiger partial charge on any atom is 0.142 e. The van der Waals surface area contributed by atoms with Crippen molar-refractivity contribution >= 4 is 11.6 Å². The van der Waals surface area contributed by atoms with Gasteiger partial charge in [-0.2, -0.15) is 0 Å². The molecule has 0 radical (unpaired) electrons. The summed E-state index contributed by atoms with van der Waals surface area (Å²) in [5, 5.41) is 0.101. The van der Waals surface area contributed by atoms with Crippen molar-refractivity contribution in [1.29, 1.82) is 0 Å². The lowest BCUT2D eigenvalue weighted by molar-refractivity contribution is 0.161. The molecule has 2 N–H and O–H groups in total. The minimum Gasteiger partial charge on any atom is -0.497 e. The predicted molar refractivity (Wildman–Crippen MR) is 79.3 cm³/mol. The Hall–Kier alpha value is -1.78. The van der Waals surface area contributed by atoms with Gasteiger partial charge in [-0.05, 0) is 35.9 Å². The monoisotopic (exact) mass is 307 g/mol. The molecule has 21 heavy (non-hydrogen) atoms. The SMILES string of the molecule is COc1ccc2c(c1)[C@@H](N)CC(c1ccc(Cl)c(F)c1)O2. The zero-order valence-corrected chi connectivity index (χ0v) is 12.2. The number of benzene rings is 2. The molecule has 3 rings (SSSR count). The summed E-state index contributed by atoms with van der Waals surface area (Å²) < 4.78 is 24.7. The van der Waals surface area contributed by atoms with Crippen molar-refractivity contribution in [1.82, 2.24) is 0 Å². The second-order valence-electron chi connectivity index (χ2n) is 5.03. The van der Waals surface area contributed by atoms with Gasteiger partial charge in [0.05, 0.1) is 12.1 Å². The number of ether oxygens (including phenoxy) is 2. The number of hydrogen-bond donors (Lipinski definition) is 1. The van der Waals surface area contributed by atoms with Gasteiger partial charge in [-0.15, -0.1) is 0 Å². The lowest BCUT2D eigenvalue weighted by atomic mass is 9.93. The van der Waals surface area contributed by atoms with Crippen LogP contribution in [-0.2, 0) is 0 Å². The van der Waals surface area contributed by atoms with Gasteiger partial charge in [0.1, 0.15) is 23.4 Å². The van der Waals surface area contributed by atoms with E-state index >= 15 is 0 Å². The zero-order chi connectivity index (χ0) is 15.0. The number of hydrogen-bond acceptors (Lipinski definition) is 3. The highest BCUT2D eigenvalue weighted by Crippen LogP contribution is 2.41. The standard InChI is InChI=1S/C16H15ClFNO2/c1-20-10-3-5-15-11(7-10)14(19)8-16(21-15)9-2-4-12(17)13(18)6-9/h2-7,14,16H,8,19H2,1H3/t14-,16?/m0/s1. The van der Waals surface area contributed by atoms with E-state index in [1.807, 2.05) is 18.2 Å². The van der Waals surface area contributed by atoms with Gasteiger partial charge < -0.3 is 15.2 Å². The van der Waals surface area contributed by atoms with Crippen LogP contribution in [-0.4, -0.2) is 7.11 Å². The van der Waals surface area contributed by atoms with Crippen molar-refractivity contribution in [3.8, 4) is 11.5 Å². The second-order valence-corrected chi connectivity index (χ2v) is 5.43. The van der Waals surface area contributed by atoms with Crippen molar-refractivity contribution in [2.24, 2.45) is 5.73 Å². The molecule has 3 nitrogen and oxygen atoms in total. The first-order valence-electron chi connectivity index (χ1n) is 6.63. The second kappa shape index (κ2) is 5.54. The van der Waals surface area contributed by atoms with Crippen LogP contribution in [0.4, 0.5) is 4.39 Å². The molecule has 5 heteroatoms. The molecule has 2 atom stereocenters. The highest BCUT2D eigenvalue weighted by molar-refractivity contribution is 6.30. The fraction of sp³-hybridized carbons (Fsp3) is 0.250. The molecule has 0 bridgehead atoms. The number of nitrogens with two attached hydrogens (primary N) is 1. The van der Waals surface area contributed by atoms with Crippen LogP contribution in [0.15, 0.2) is 36.4 Å². The minimum atomic E-state index is -0.452. The van der Waals surface area contributed by atoms with E-state index in [-0.39, 0.29) is 17.2 Å². The number of rotatable bonds is 2. The molecule has 0 saturated carbocycles. The summed E-state index contributed by atoms with van der Waals surface area (Å²) in [6.07, 6.45) is 0.286. The van der Waals surface area contributed by atoms with Crippen molar-refractivity contribution in [3.05, 3.63) is 58.4 Å². The molecule has 0 amide bonds. The van der Waals surface area contributed by atoms with E-state index in [0.717, 1.165) is 16.9 Å². The molecule has 1 aliphatic heterocycles. The van der Waals surface area contributed by atoms with Crippen LogP contribution in [0.3, 0.4) is 0 Å². The average Bonchev–Trinajstić information content (AvgIpc) is 2.49. The van der Waals surface area contributed by atoms with Gasteiger partial charge in [-0.3, -0.25) is 0 Å². The Morgan fingerprint density at radius 2 is 2.10 bits per heavy atom. The fourth-order valence-corrected chi connectivity index (χ4v) is 2.64. The summed E-state index contributed by atoms with van der Waals surface area (Å²) >= 11 is 5.71. The Morgan fingerprint density at radius 3 is 2.81 bits per heavy atom. The third-order valence-electron chi connectivity index (χ3n) is 3.67. The van der Waals surface area contributed by atoms with E-state index in [9.17, 15) is 4.39 Å². The Kier molecular flexibility index (Phi) is 3.74. The summed E-state index contributed by atoms with van der Waals surface area (Å²) in [7, 11) is 1.61. The highest BCUT2D eigenvalue weighted by Gasteiger charge is 2.28. The Bertz CT molecular complexity index is 677. The van der Waals surface area contributed by atoms with Crippen LogP contribution < -0.4 is 15.2 Å². The lowest BCUT2D eigenvalue weighted by Crippen LogP contribution is -2.24. The topological polar surface area (TPSA) is 44.5 Å². The molecule has 1 heterocycles. The number of halogens is 2. The smallest absolute Gasteiger partial charge is 0.142 e. The van der Waals surface area contributed by atoms with Crippen LogP contribution >= 0.6 is 11.6 Å². The minimum absolute atomic E-state index is 0.101. The van der Waals surface area contributed by atoms with Crippen molar-refractivity contribution in [2.75, 3.05) is 7.11 Å². The van der Waals surface area contributed by atoms with Crippen LogP contribution in [0.5, 0.6) is 11.5 Å². The van der Waals surface area contributed by atoms with Gasteiger partial charge in [-0.25, -0.2) is 4.39 Å². The molecule has 1 unspecified atom stereocenters. The van der Waals surface area contributed by atoms with Crippen LogP contribution in [0.25, 0.3) is 0 Å². The van der Waals surface area contributed by atoms with E-state index < -0.39 is 5.82 Å². The summed E-state index contributed by atoms with van der Waals surface area (Å²) in [6, 6.07) is 10.0. The molecule has 110 valence electrons. The summed E-state index contributed by atoms with van der Waals surface area (Å²) in [5.41, 5.74) is 7.84. The van der Waals surface area contributed by atoms with Crippen molar-refractivity contribution in [2.45, 2.75) is 18.6 Å². The maximum atomic E-state index is 13.6. The Morgan fingerprint density at radius 1 is 1.29 bits per heavy atom. The number of fused-ring (bicyclic) bond motifs is 1. The quantitative estimate of drug-likeness (QED) is 0.911. The largest absolute Gasteiger partial charge is 0.497 e. The molecule has 0 aromatic heterocycles. The molecule has 2 aromatic carbocycles. The molecule has 0 saturated heterocycles. The van der Waals surface area contributed by atoms with Gasteiger partial charge in [0.2, 0.25) is 0 Å². The zero-order valence-electron chi connectivity index (χ0n) is 11.5. The van der Waals surface area contributed by atoms with Crippen LogP contribution in [0.2, 0.25) is 5.02 Å². The summed E-state index contributed by atoms with van der Waals surface area (Å²) in [6.45, 7) is 0. The lowest BCUT2D eigenvalue weighted by Gasteiger charge is -2.31. The van der Waals surface area contributed by atoms with Gasteiger partial charge >= 0.3 is 0 Å². The summed E-state index contributed by atoms with van der Waals surface area (Å²) in [4.78, 5) is 0. The summed E-state index contributed by atoms with van der Waals surface area (Å²) in [5.74, 6) is 0.991. The van der Waals surface area contributed by atoms with Gasteiger partial charge in [0, 0.05) is 18.0 Å². The Balaban J connectivity index is 1.92. The van der Waals surface area contributed by atoms with Gasteiger partial charge in [-0.1, -0.05) is 17.7 Å². The van der Waals surface area contributed by atoms with E-state index in [0.29, 0.717) is 12.2 Å². The molecule has 0 spiro atoms. The van der Waals surface area contributed by atoms with E-state index in [2.05, 4.69) is 0 Å². The number of methoxy groups -OCH3 is 1. The molecule has 1 aliphatic rings.